The van der Waals surface area contributed by atoms with E-state index in [1.807, 2.05) is 12.1 Å². The molecule has 0 aromatic heterocycles. The average Bonchev–Trinajstić information content (AvgIpc) is 2.03. The quantitative estimate of drug-likeness (QED) is 0.421. The Morgan fingerprint density at radius 1 is 1.18 bits per heavy atom. The Morgan fingerprint density at radius 2 is 1.91 bits per heavy atom. The Hall–Kier alpha value is -0.770. The number of hydrogen-bond donors (Lipinski definition) is 0. The molecule has 0 spiro atoms. The molecule has 0 aliphatic heterocycles. The Bertz CT molecular complexity index is 130. The zero-order valence-electron chi connectivity index (χ0n) is 7.34. The van der Waals surface area contributed by atoms with E-state index in [9.17, 15) is 0 Å². The van der Waals surface area contributed by atoms with Crippen molar-refractivity contribution in [3.63, 3.8) is 0 Å². The normalized spacial score (nSPS) is 10.2. The van der Waals surface area contributed by atoms with E-state index in [-0.39, 0.29) is 0 Å². The lowest BCUT2D eigenvalue weighted by molar-refractivity contribution is 0.637. The van der Waals surface area contributed by atoms with Crippen LogP contribution in [0.1, 0.15) is 45.4 Å². The highest BCUT2D eigenvalue weighted by atomic mass is 14.2. The number of allylic oxidation sites excluding steroid dienone is 2. The van der Waals surface area contributed by atoms with Gasteiger partial charge in [-0.15, -0.1) is 0 Å². The van der Waals surface area contributed by atoms with Gasteiger partial charge in [0.2, 0.25) is 0 Å². The van der Waals surface area contributed by atoms with Gasteiger partial charge >= 0.3 is 0 Å². The third kappa shape index (κ3) is 9.23. The fraction of sp³-hybridized carbons (Fsp3) is 0.700. The van der Waals surface area contributed by atoms with Gasteiger partial charge in [-0.05, 0) is 12.8 Å². The summed E-state index contributed by atoms with van der Waals surface area (Å²) in [6, 6.07) is 1.99. The van der Waals surface area contributed by atoms with Crippen LogP contribution in [0.4, 0.5) is 0 Å². The van der Waals surface area contributed by atoms with Crippen LogP contribution in [-0.4, -0.2) is 0 Å². The molecule has 0 heterocycles. The first-order valence-electron chi connectivity index (χ1n) is 4.46. The van der Waals surface area contributed by atoms with Crippen LogP contribution in [0.15, 0.2) is 12.2 Å². The maximum Gasteiger partial charge on any atom is 0.0908 e. The van der Waals surface area contributed by atoms with Gasteiger partial charge < -0.3 is 0 Å². The standard InChI is InChI=1S/C10H17N/c1-2-3-4-5-6-7-8-9-10-11/h8-9H,2-7H2,1H3. The van der Waals surface area contributed by atoms with Crippen molar-refractivity contribution in [3.05, 3.63) is 12.2 Å². The first-order chi connectivity index (χ1) is 5.41. The van der Waals surface area contributed by atoms with E-state index in [0.717, 1.165) is 6.42 Å². The molecular formula is C10H17N. The molecule has 0 amide bonds. The van der Waals surface area contributed by atoms with E-state index in [0.29, 0.717) is 0 Å². The molecule has 0 bridgehead atoms. The Morgan fingerprint density at radius 3 is 2.55 bits per heavy atom. The minimum absolute atomic E-state index is 1.07. The highest BCUT2D eigenvalue weighted by Gasteiger charge is 1.85. The van der Waals surface area contributed by atoms with Gasteiger partial charge in [0.1, 0.15) is 0 Å². The molecule has 0 atom stereocenters. The molecule has 0 N–H and O–H groups in total. The van der Waals surface area contributed by atoms with Gasteiger partial charge in [0, 0.05) is 6.08 Å². The SMILES string of the molecule is CCCCCCCC=CC#N. The summed E-state index contributed by atoms with van der Waals surface area (Å²) in [7, 11) is 0. The molecule has 0 aliphatic rings. The lowest BCUT2D eigenvalue weighted by atomic mass is 10.1. The van der Waals surface area contributed by atoms with Crippen LogP contribution in [0.3, 0.4) is 0 Å². The lowest BCUT2D eigenvalue weighted by Crippen LogP contribution is -1.75. The fourth-order valence-electron chi connectivity index (χ4n) is 1.00. The molecule has 0 fully saturated rings. The lowest BCUT2D eigenvalue weighted by Gasteiger charge is -1.94. The third-order valence-corrected chi connectivity index (χ3v) is 1.67. The van der Waals surface area contributed by atoms with Gasteiger partial charge in [0.15, 0.2) is 0 Å². The zero-order chi connectivity index (χ0) is 8.36. The number of nitriles is 1. The first kappa shape index (κ1) is 10.2. The van der Waals surface area contributed by atoms with Crippen molar-refractivity contribution >= 4 is 0 Å². The molecule has 0 aliphatic carbocycles. The van der Waals surface area contributed by atoms with Gasteiger partial charge in [0.25, 0.3) is 0 Å². The molecule has 1 heteroatoms. The minimum atomic E-state index is 1.07. The average molecular weight is 151 g/mol. The van der Waals surface area contributed by atoms with Crippen molar-refractivity contribution in [3.8, 4) is 6.07 Å². The van der Waals surface area contributed by atoms with Crippen LogP contribution >= 0.6 is 0 Å². The maximum absolute atomic E-state index is 8.17. The van der Waals surface area contributed by atoms with Crippen LogP contribution in [0, 0.1) is 11.3 Å². The van der Waals surface area contributed by atoms with Crippen molar-refractivity contribution in [2.24, 2.45) is 0 Å². The van der Waals surface area contributed by atoms with Gasteiger partial charge in [-0.25, -0.2) is 0 Å². The molecular weight excluding hydrogens is 134 g/mol. The highest BCUT2D eigenvalue weighted by molar-refractivity contribution is 5.01. The van der Waals surface area contributed by atoms with Crippen molar-refractivity contribution in [2.45, 2.75) is 45.4 Å². The fourth-order valence-corrected chi connectivity index (χ4v) is 1.00. The molecule has 0 aromatic carbocycles. The molecule has 11 heavy (non-hydrogen) atoms. The number of hydrogen-bond acceptors (Lipinski definition) is 1. The van der Waals surface area contributed by atoms with Crippen LogP contribution in [0.25, 0.3) is 0 Å². The third-order valence-electron chi connectivity index (χ3n) is 1.67. The molecule has 0 radical (unpaired) electrons. The summed E-state index contributed by atoms with van der Waals surface area (Å²) in [6.07, 6.45) is 11.1. The van der Waals surface area contributed by atoms with Crippen molar-refractivity contribution in [2.75, 3.05) is 0 Å². The van der Waals surface area contributed by atoms with E-state index in [1.54, 1.807) is 6.08 Å². The summed E-state index contributed by atoms with van der Waals surface area (Å²) >= 11 is 0. The number of unbranched alkanes of at least 4 members (excludes halogenated alkanes) is 5. The van der Waals surface area contributed by atoms with Crippen LogP contribution in [0.2, 0.25) is 0 Å². The summed E-state index contributed by atoms with van der Waals surface area (Å²) < 4.78 is 0. The highest BCUT2D eigenvalue weighted by Crippen LogP contribution is 2.04. The van der Waals surface area contributed by atoms with Crippen LogP contribution < -0.4 is 0 Å². The second-order valence-electron chi connectivity index (χ2n) is 2.73. The number of rotatable bonds is 6. The van der Waals surface area contributed by atoms with Crippen LogP contribution in [-0.2, 0) is 0 Å². The second kappa shape index (κ2) is 9.23. The zero-order valence-corrected chi connectivity index (χ0v) is 7.34. The van der Waals surface area contributed by atoms with E-state index < -0.39 is 0 Å². The summed E-state index contributed by atoms with van der Waals surface area (Å²) in [5, 5.41) is 8.17. The smallest absolute Gasteiger partial charge is 0.0908 e. The second-order valence-corrected chi connectivity index (χ2v) is 2.73. The predicted octanol–water partition coefficient (Wildman–Crippen LogP) is 3.43. The minimum Gasteiger partial charge on any atom is -0.193 e. The Balaban J connectivity index is 2.92. The number of nitrogens with zero attached hydrogens (tertiary/aromatic N) is 1. The first-order valence-corrected chi connectivity index (χ1v) is 4.46. The molecule has 0 aromatic rings. The Kier molecular flexibility index (Phi) is 8.58. The Labute approximate surface area is 69.7 Å². The van der Waals surface area contributed by atoms with Crippen molar-refractivity contribution in [1.82, 2.24) is 0 Å². The molecule has 0 unspecified atom stereocenters. The summed E-state index contributed by atoms with van der Waals surface area (Å²) in [5.74, 6) is 0. The van der Waals surface area contributed by atoms with Gasteiger partial charge in [-0.1, -0.05) is 38.7 Å². The topological polar surface area (TPSA) is 23.8 Å². The monoisotopic (exact) mass is 151 g/mol. The predicted molar refractivity (Wildman–Crippen MR) is 48.1 cm³/mol. The molecule has 1 nitrogen and oxygen atoms in total. The maximum atomic E-state index is 8.17. The van der Waals surface area contributed by atoms with E-state index in [2.05, 4.69) is 6.92 Å². The van der Waals surface area contributed by atoms with Crippen LogP contribution in [0.5, 0.6) is 0 Å². The van der Waals surface area contributed by atoms with Crippen molar-refractivity contribution < 1.29 is 0 Å². The molecule has 62 valence electrons. The largest absolute Gasteiger partial charge is 0.193 e. The van der Waals surface area contributed by atoms with Gasteiger partial charge in [-0.3, -0.25) is 0 Å². The van der Waals surface area contributed by atoms with E-state index in [4.69, 9.17) is 5.26 Å². The summed E-state index contributed by atoms with van der Waals surface area (Å²) in [6.45, 7) is 2.22. The van der Waals surface area contributed by atoms with E-state index in [1.165, 1.54) is 32.1 Å². The molecule has 0 saturated heterocycles. The van der Waals surface area contributed by atoms with Gasteiger partial charge in [-0.2, -0.15) is 5.26 Å². The summed E-state index contributed by atoms with van der Waals surface area (Å²) in [5.41, 5.74) is 0. The molecule has 0 saturated carbocycles. The van der Waals surface area contributed by atoms with Crippen molar-refractivity contribution in [1.29, 1.82) is 5.26 Å². The molecule has 0 rings (SSSR count). The van der Waals surface area contributed by atoms with E-state index >= 15 is 0 Å². The van der Waals surface area contributed by atoms with Gasteiger partial charge in [0.05, 0.1) is 6.07 Å². The summed E-state index contributed by atoms with van der Waals surface area (Å²) in [4.78, 5) is 0.